The SMILES string of the molecule is Cc1ccc(C)c([C@H](C)NC(=O)c2cnc3n(c2=O)CCS3)c1. The molecule has 0 radical (unpaired) electrons. The number of carbonyl (C=O) groups excluding carboxylic acids is 1. The van der Waals surface area contributed by atoms with Gasteiger partial charge in [0, 0.05) is 18.5 Å². The highest BCUT2D eigenvalue weighted by Crippen LogP contribution is 2.21. The Morgan fingerprint density at radius 3 is 2.96 bits per heavy atom. The predicted molar refractivity (Wildman–Crippen MR) is 91.0 cm³/mol. The van der Waals surface area contributed by atoms with E-state index in [4.69, 9.17) is 0 Å². The third-order valence-electron chi connectivity index (χ3n) is 4.05. The summed E-state index contributed by atoms with van der Waals surface area (Å²) in [6.45, 7) is 6.57. The molecule has 0 saturated heterocycles. The van der Waals surface area contributed by atoms with E-state index in [0.717, 1.165) is 22.4 Å². The van der Waals surface area contributed by atoms with Gasteiger partial charge in [-0.05, 0) is 31.9 Å². The van der Waals surface area contributed by atoms with Crippen LogP contribution in [0.1, 0.15) is 40.0 Å². The topological polar surface area (TPSA) is 64.0 Å². The van der Waals surface area contributed by atoms with Crippen molar-refractivity contribution in [1.82, 2.24) is 14.9 Å². The maximum absolute atomic E-state index is 12.5. The van der Waals surface area contributed by atoms with Crippen molar-refractivity contribution in [3.05, 3.63) is 57.0 Å². The third-order valence-corrected chi connectivity index (χ3v) is 5.02. The zero-order valence-electron chi connectivity index (χ0n) is 13.4. The summed E-state index contributed by atoms with van der Waals surface area (Å²) in [6.07, 6.45) is 1.39. The largest absolute Gasteiger partial charge is 0.345 e. The minimum atomic E-state index is -0.372. The summed E-state index contributed by atoms with van der Waals surface area (Å²) in [4.78, 5) is 29.1. The van der Waals surface area contributed by atoms with Gasteiger partial charge >= 0.3 is 0 Å². The molecular formula is C17H19N3O2S. The van der Waals surface area contributed by atoms with Crippen molar-refractivity contribution in [3.8, 4) is 0 Å². The Morgan fingerprint density at radius 2 is 2.17 bits per heavy atom. The summed E-state index contributed by atoms with van der Waals surface area (Å²) >= 11 is 1.54. The lowest BCUT2D eigenvalue weighted by Gasteiger charge is -2.17. The van der Waals surface area contributed by atoms with Gasteiger partial charge in [0.25, 0.3) is 11.5 Å². The lowest BCUT2D eigenvalue weighted by Crippen LogP contribution is -2.34. The van der Waals surface area contributed by atoms with E-state index >= 15 is 0 Å². The molecule has 0 spiro atoms. The van der Waals surface area contributed by atoms with Gasteiger partial charge in [-0.2, -0.15) is 0 Å². The predicted octanol–water partition coefficient (Wildman–Crippen LogP) is 2.46. The highest BCUT2D eigenvalue weighted by Gasteiger charge is 2.21. The van der Waals surface area contributed by atoms with Gasteiger partial charge in [-0.15, -0.1) is 0 Å². The number of aryl methyl sites for hydroxylation is 2. The fraction of sp³-hybridized carbons (Fsp3) is 0.353. The molecule has 3 rings (SSSR count). The van der Waals surface area contributed by atoms with E-state index in [1.807, 2.05) is 32.9 Å². The molecule has 1 N–H and O–H groups in total. The number of carbonyl (C=O) groups is 1. The zero-order chi connectivity index (χ0) is 16.6. The molecule has 1 aromatic carbocycles. The minimum absolute atomic E-state index is 0.105. The van der Waals surface area contributed by atoms with Gasteiger partial charge < -0.3 is 5.32 Å². The second kappa shape index (κ2) is 6.20. The molecule has 1 aliphatic heterocycles. The van der Waals surface area contributed by atoms with Crippen LogP contribution in [0, 0.1) is 13.8 Å². The summed E-state index contributed by atoms with van der Waals surface area (Å²) < 4.78 is 1.57. The van der Waals surface area contributed by atoms with E-state index in [9.17, 15) is 9.59 Å². The number of fused-ring (bicyclic) bond motifs is 1. The average molecular weight is 329 g/mol. The number of nitrogens with zero attached hydrogens (tertiary/aromatic N) is 2. The first-order valence-electron chi connectivity index (χ1n) is 7.58. The summed E-state index contributed by atoms with van der Waals surface area (Å²) in [5, 5.41) is 3.60. The molecule has 23 heavy (non-hydrogen) atoms. The fourth-order valence-corrected chi connectivity index (χ4v) is 3.67. The molecule has 2 heterocycles. The summed E-state index contributed by atoms with van der Waals surface area (Å²) in [6, 6.07) is 5.97. The van der Waals surface area contributed by atoms with Crippen LogP contribution in [0.15, 0.2) is 34.3 Å². The molecule has 0 aliphatic carbocycles. The van der Waals surface area contributed by atoms with Crippen LogP contribution in [0.4, 0.5) is 0 Å². The second-order valence-corrected chi connectivity index (χ2v) is 6.88. The Kier molecular flexibility index (Phi) is 4.26. The second-order valence-electron chi connectivity index (χ2n) is 5.81. The standard InChI is InChI=1S/C17H19N3O2S/c1-10-4-5-11(2)13(8-10)12(3)19-15(21)14-9-18-17-20(16(14)22)6-7-23-17/h4-5,8-9,12H,6-7H2,1-3H3,(H,19,21)/t12-/m0/s1. The average Bonchev–Trinajstić information content (AvgIpc) is 2.99. The van der Waals surface area contributed by atoms with Crippen molar-refractivity contribution in [1.29, 1.82) is 0 Å². The first-order valence-corrected chi connectivity index (χ1v) is 8.56. The molecule has 2 aromatic rings. The van der Waals surface area contributed by atoms with E-state index < -0.39 is 0 Å². The van der Waals surface area contributed by atoms with Gasteiger partial charge in [-0.3, -0.25) is 14.2 Å². The molecule has 1 atom stereocenters. The molecule has 0 bridgehead atoms. The number of hydrogen-bond acceptors (Lipinski definition) is 4. The van der Waals surface area contributed by atoms with Gasteiger partial charge in [0.1, 0.15) is 5.56 Å². The molecule has 0 unspecified atom stereocenters. The van der Waals surface area contributed by atoms with Crippen LogP contribution in [0.25, 0.3) is 0 Å². The number of rotatable bonds is 3. The van der Waals surface area contributed by atoms with Crippen LogP contribution >= 0.6 is 11.8 Å². The Bertz CT molecular complexity index is 829. The van der Waals surface area contributed by atoms with Crippen LogP contribution in [0.3, 0.4) is 0 Å². The van der Waals surface area contributed by atoms with Crippen molar-refractivity contribution < 1.29 is 4.79 Å². The van der Waals surface area contributed by atoms with E-state index in [0.29, 0.717) is 11.7 Å². The summed E-state index contributed by atoms with van der Waals surface area (Å²) in [5.41, 5.74) is 3.16. The smallest absolute Gasteiger partial charge is 0.267 e. The Balaban J connectivity index is 1.85. The van der Waals surface area contributed by atoms with Crippen molar-refractivity contribution in [2.75, 3.05) is 5.75 Å². The third kappa shape index (κ3) is 3.03. The number of amides is 1. The van der Waals surface area contributed by atoms with Gasteiger partial charge in [-0.25, -0.2) is 4.98 Å². The molecule has 6 heteroatoms. The maximum Gasteiger partial charge on any atom is 0.267 e. The van der Waals surface area contributed by atoms with Crippen LogP contribution in [0.5, 0.6) is 0 Å². The number of aromatic nitrogens is 2. The first kappa shape index (κ1) is 15.8. The lowest BCUT2D eigenvalue weighted by atomic mass is 10.00. The maximum atomic E-state index is 12.5. The molecule has 1 aromatic heterocycles. The number of thioether (sulfide) groups is 1. The van der Waals surface area contributed by atoms with Gasteiger partial charge in [0.2, 0.25) is 0 Å². The van der Waals surface area contributed by atoms with E-state index in [2.05, 4.69) is 16.4 Å². The quantitative estimate of drug-likeness (QED) is 0.879. The molecule has 1 aliphatic rings. The van der Waals surface area contributed by atoms with Gasteiger partial charge in [0.15, 0.2) is 5.16 Å². The van der Waals surface area contributed by atoms with Crippen molar-refractivity contribution in [2.24, 2.45) is 0 Å². The van der Waals surface area contributed by atoms with Gasteiger partial charge in [-0.1, -0.05) is 35.5 Å². The lowest BCUT2D eigenvalue weighted by molar-refractivity contribution is 0.0937. The normalized spacial score (nSPS) is 14.4. The fourth-order valence-electron chi connectivity index (χ4n) is 2.75. The van der Waals surface area contributed by atoms with Crippen LogP contribution in [0.2, 0.25) is 0 Å². The minimum Gasteiger partial charge on any atom is -0.345 e. The van der Waals surface area contributed by atoms with Crippen molar-refractivity contribution >= 4 is 17.7 Å². The van der Waals surface area contributed by atoms with Crippen molar-refractivity contribution in [2.45, 2.75) is 38.5 Å². The van der Waals surface area contributed by atoms with E-state index in [1.54, 1.807) is 4.57 Å². The molecule has 1 amide bonds. The van der Waals surface area contributed by atoms with Crippen LogP contribution < -0.4 is 10.9 Å². The molecule has 0 saturated carbocycles. The molecule has 120 valence electrons. The number of nitrogens with one attached hydrogen (secondary N) is 1. The highest BCUT2D eigenvalue weighted by molar-refractivity contribution is 7.99. The molecule has 0 fully saturated rings. The Morgan fingerprint density at radius 1 is 1.39 bits per heavy atom. The van der Waals surface area contributed by atoms with Crippen LogP contribution in [-0.2, 0) is 6.54 Å². The Labute approximate surface area is 139 Å². The Hall–Kier alpha value is -2.08. The summed E-state index contributed by atoms with van der Waals surface area (Å²) in [5.74, 6) is 0.453. The number of benzene rings is 1. The van der Waals surface area contributed by atoms with Crippen LogP contribution in [-0.4, -0.2) is 21.2 Å². The van der Waals surface area contributed by atoms with E-state index in [-0.39, 0.29) is 23.1 Å². The first-order chi connectivity index (χ1) is 11.0. The molecular weight excluding hydrogens is 310 g/mol. The van der Waals surface area contributed by atoms with Crippen molar-refractivity contribution in [3.63, 3.8) is 0 Å². The van der Waals surface area contributed by atoms with Gasteiger partial charge in [0.05, 0.1) is 6.04 Å². The highest BCUT2D eigenvalue weighted by atomic mass is 32.2. The molecule has 5 nitrogen and oxygen atoms in total. The summed E-state index contributed by atoms with van der Waals surface area (Å²) in [7, 11) is 0. The monoisotopic (exact) mass is 329 g/mol. The zero-order valence-corrected chi connectivity index (χ0v) is 14.2. The number of hydrogen-bond donors (Lipinski definition) is 1. The van der Waals surface area contributed by atoms with E-state index in [1.165, 1.54) is 18.0 Å².